The fourth-order valence-corrected chi connectivity index (χ4v) is 3.70. The largest absolute Gasteiger partial charge is 0.387 e. The average molecular weight is 256 g/mol. The Morgan fingerprint density at radius 2 is 2.11 bits per heavy atom. The molecule has 4 nitrogen and oxygen atoms in total. The van der Waals surface area contributed by atoms with Gasteiger partial charge in [-0.3, -0.25) is 0 Å². The molecular weight excluding hydrogens is 232 g/mol. The van der Waals surface area contributed by atoms with Gasteiger partial charge in [-0.25, -0.2) is 0 Å². The topological polar surface area (TPSA) is 47.9 Å². The van der Waals surface area contributed by atoms with Gasteiger partial charge in [0.15, 0.2) is 0 Å². The van der Waals surface area contributed by atoms with Crippen LogP contribution in [0.1, 0.15) is 32.1 Å². The van der Waals surface area contributed by atoms with Crippen molar-refractivity contribution in [3.63, 3.8) is 0 Å². The average Bonchev–Trinajstić information content (AvgIpc) is 3.14. The predicted molar refractivity (Wildman–Crippen MR) is 66.4 cm³/mol. The quantitative estimate of drug-likeness (QED) is 0.825. The second kappa shape index (κ2) is 4.75. The Hall–Kier alpha value is -0.160. The van der Waals surface area contributed by atoms with E-state index in [1.165, 1.54) is 0 Å². The zero-order chi connectivity index (χ0) is 12.6. The van der Waals surface area contributed by atoms with Crippen molar-refractivity contribution in [1.29, 1.82) is 0 Å². The van der Waals surface area contributed by atoms with Gasteiger partial charge in [0.25, 0.3) is 0 Å². The number of methoxy groups -OCH3 is 1. The maximum atomic E-state index is 11.0. The molecule has 2 saturated heterocycles. The van der Waals surface area contributed by atoms with Crippen molar-refractivity contribution in [2.24, 2.45) is 11.8 Å². The summed E-state index contributed by atoms with van der Waals surface area (Å²) in [5.74, 6) is 0.723. The Kier molecular flexibility index (Phi) is 3.39. The zero-order valence-corrected chi connectivity index (χ0v) is 11.2. The molecule has 104 valence electrons. The van der Waals surface area contributed by atoms with Gasteiger partial charge in [-0.1, -0.05) is 0 Å². The summed E-state index contributed by atoms with van der Waals surface area (Å²) in [4.78, 5) is 0. The van der Waals surface area contributed by atoms with Crippen LogP contribution in [-0.4, -0.2) is 49.8 Å². The maximum Gasteiger partial charge on any atom is 0.0940 e. The lowest BCUT2D eigenvalue weighted by Crippen LogP contribution is -2.52. The summed E-state index contributed by atoms with van der Waals surface area (Å²) in [6.07, 6.45) is 5.11. The second-order valence-electron chi connectivity index (χ2n) is 6.22. The highest BCUT2D eigenvalue weighted by Gasteiger charge is 2.53. The molecule has 0 aromatic carbocycles. The van der Waals surface area contributed by atoms with Crippen molar-refractivity contribution < 1.29 is 19.3 Å². The van der Waals surface area contributed by atoms with Gasteiger partial charge >= 0.3 is 0 Å². The van der Waals surface area contributed by atoms with E-state index in [0.717, 1.165) is 45.3 Å². The Morgan fingerprint density at radius 3 is 2.72 bits per heavy atom. The minimum Gasteiger partial charge on any atom is -0.387 e. The van der Waals surface area contributed by atoms with Crippen molar-refractivity contribution in [3.05, 3.63) is 0 Å². The van der Waals surface area contributed by atoms with Crippen molar-refractivity contribution in [1.82, 2.24) is 0 Å². The highest BCUT2D eigenvalue weighted by Crippen LogP contribution is 2.49. The molecule has 3 fully saturated rings. The highest BCUT2D eigenvalue weighted by molar-refractivity contribution is 5.03. The van der Waals surface area contributed by atoms with Crippen LogP contribution >= 0.6 is 0 Å². The van der Waals surface area contributed by atoms with Crippen LogP contribution in [-0.2, 0) is 14.2 Å². The molecule has 3 atom stereocenters. The molecule has 18 heavy (non-hydrogen) atoms. The molecule has 1 N–H and O–H groups in total. The standard InChI is InChI=1S/C14H24O4/c1-16-10-14(15,11-2-3-11)12-4-6-18-13(8-12)5-7-17-9-13/h11-12,15H,2-10H2,1H3. The molecule has 1 saturated carbocycles. The van der Waals surface area contributed by atoms with Crippen molar-refractivity contribution in [3.8, 4) is 0 Å². The molecule has 4 heteroatoms. The van der Waals surface area contributed by atoms with Gasteiger partial charge in [0, 0.05) is 26.7 Å². The number of hydrogen-bond acceptors (Lipinski definition) is 4. The summed E-state index contributed by atoms with van der Waals surface area (Å²) >= 11 is 0. The number of ether oxygens (including phenoxy) is 3. The fraction of sp³-hybridized carbons (Fsp3) is 1.00. The van der Waals surface area contributed by atoms with Crippen LogP contribution in [0.25, 0.3) is 0 Å². The molecule has 0 amide bonds. The van der Waals surface area contributed by atoms with Crippen LogP contribution in [0, 0.1) is 11.8 Å². The minimum absolute atomic E-state index is 0.125. The van der Waals surface area contributed by atoms with Crippen LogP contribution in [0.3, 0.4) is 0 Å². The molecule has 3 rings (SSSR count). The Labute approximate surface area is 109 Å². The Morgan fingerprint density at radius 1 is 1.28 bits per heavy atom. The first-order valence-electron chi connectivity index (χ1n) is 7.12. The third kappa shape index (κ3) is 2.20. The monoisotopic (exact) mass is 256 g/mol. The van der Waals surface area contributed by atoms with Gasteiger partial charge in [-0.05, 0) is 37.5 Å². The molecule has 1 spiro atoms. The normalized spacial score (nSPS) is 40.0. The molecule has 2 aliphatic heterocycles. The molecule has 1 aliphatic carbocycles. The summed E-state index contributed by atoms with van der Waals surface area (Å²) in [7, 11) is 1.68. The first-order chi connectivity index (χ1) is 8.69. The molecule has 3 aliphatic rings. The van der Waals surface area contributed by atoms with Gasteiger partial charge in [-0.15, -0.1) is 0 Å². The maximum absolute atomic E-state index is 11.0. The van der Waals surface area contributed by atoms with Gasteiger partial charge in [0.05, 0.1) is 24.4 Å². The van der Waals surface area contributed by atoms with Gasteiger partial charge in [-0.2, -0.15) is 0 Å². The first kappa shape index (κ1) is 12.9. The third-order valence-electron chi connectivity index (χ3n) is 4.93. The zero-order valence-electron chi connectivity index (χ0n) is 11.2. The minimum atomic E-state index is -0.645. The first-order valence-corrected chi connectivity index (χ1v) is 7.12. The fourth-order valence-electron chi connectivity index (χ4n) is 3.70. The molecule has 0 aromatic rings. The van der Waals surface area contributed by atoms with Crippen LogP contribution < -0.4 is 0 Å². The summed E-state index contributed by atoms with van der Waals surface area (Å²) in [6.45, 7) is 2.68. The van der Waals surface area contributed by atoms with E-state index in [0.29, 0.717) is 25.0 Å². The summed E-state index contributed by atoms with van der Waals surface area (Å²) < 4.78 is 16.7. The summed E-state index contributed by atoms with van der Waals surface area (Å²) in [5.41, 5.74) is -0.770. The number of aliphatic hydroxyl groups is 1. The van der Waals surface area contributed by atoms with Crippen molar-refractivity contribution >= 4 is 0 Å². The van der Waals surface area contributed by atoms with E-state index < -0.39 is 5.60 Å². The highest BCUT2D eigenvalue weighted by atomic mass is 16.6. The molecule has 0 radical (unpaired) electrons. The lowest BCUT2D eigenvalue weighted by molar-refractivity contribution is -0.164. The van der Waals surface area contributed by atoms with Crippen LogP contribution in [0.15, 0.2) is 0 Å². The number of hydrogen-bond donors (Lipinski definition) is 1. The van der Waals surface area contributed by atoms with Crippen molar-refractivity contribution in [2.45, 2.75) is 43.3 Å². The lowest BCUT2D eigenvalue weighted by Gasteiger charge is -2.44. The van der Waals surface area contributed by atoms with E-state index >= 15 is 0 Å². The number of rotatable bonds is 4. The van der Waals surface area contributed by atoms with Crippen LogP contribution in [0.4, 0.5) is 0 Å². The Bertz CT molecular complexity index is 296. The summed E-state index contributed by atoms with van der Waals surface area (Å²) in [5, 5.41) is 11.0. The van der Waals surface area contributed by atoms with Gasteiger partial charge in [0.2, 0.25) is 0 Å². The smallest absolute Gasteiger partial charge is 0.0940 e. The van der Waals surface area contributed by atoms with Gasteiger partial charge in [0.1, 0.15) is 0 Å². The van der Waals surface area contributed by atoms with Crippen molar-refractivity contribution in [2.75, 3.05) is 33.5 Å². The van der Waals surface area contributed by atoms with E-state index in [9.17, 15) is 5.11 Å². The van der Waals surface area contributed by atoms with Crippen LogP contribution in [0.2, 0.25) is 0 Å². The SMILES string of the molecule is COCC(O)(C1CC1)C1CCOC2(CCOC2)C1. The van der Waals surface area contributed by atoms with Gasteiger partial charge < -0.3 is 19.3 Å². The predicted octanol–water partition coefficient (Wildman–Crippen LogP) is 1.36. The van der Waals surface area contributed by atoms with E-state index in [1.54, 1.807) is 7.11 Å². The second-order valence-corrected chi connectivity index (χ2v) is 6.22. The molecular formula is C14H24O4. The van der Waals surface area contributed by atoms with E-state index in [2.05, 4.69) is 0 Å². The molecule has 0 aromatic heterocycles. The van der Waals surface area contributed by atoms with E-state index in [4.69, 9.17) is 14.2 Å². The van der Waals surface area contributed by atoms with Crippen LogP contribution in [0.5, 0.6) is 0 Å². The summed E-state index contributed by atoms with van der Waals surface area (Å²) in [6, 6.07) is 0. The molecule has 3 unspecified atom stereocenters. The van der Waals surface area contributed by atoms with E-state index in [1.807, 2.05) is 0 Å². The lowest BCUT2D eigenvalue weighted by atomic mass is 9.73. The third-order valence-corrected chi connectivity index (χ3v) is 4.93. The Balaban J connectivity index is 1.73. The van der Waals surface area contributed by atoms with E-state index in [-0.39, 0.29) is 5.60 Å². The molecule has 2 heterocycles. The molecule has 0 bridgehead atoms.